The molecule has 1 saturated heterocycles. The van der Waals surface area contributed by atoms with Gasteiger partial charge in [0.25, 0.3) is 0 Å². The van der Waals surface area contributed by atoms with Crippen molar-refractivity contribution in [3.05, 3.63) is 0 Å². The monoisotopic (exact) mass is 280 g/mol. The van der Waals surface area contributed by atoms with Crippen molar-refractivity contribution in [3.8, 4) is 0 Å². The zero-order valence-electron chi connectivity index (χ0n) is 13.5. The largest absolute Gasteiger partial charge is 0.342 e. The summed E-state index contributed by atoms with van der Waals surface area (Å²) in [5, 5.41) is 0. The number of hydrogen-bond acceptors (Lipinski definition) is 2. The molecular weight excluding hydrogens is 248 g/mol. The van der Waals surface area contributed by atoms with Crippen LogP contribution in [-0.2, 0) is 4.79 Å². The Morgan fingerprint density at radius 3 is 2.35 bits per heavy atom. The lowest BCUT2D eigenvalue weighted by Gasteiger charge is -2.28. The molecule has 0 aromatic rings. The summed E-state index contributed by atoms with van der Waals surface area (Å²) in [7, 11) is 0. The molecule has 2 N–H and O–H groups in total. The van der Waals surface area contributed by atoms with E-state index in [1.807, 2.05) is 0 Å². The lowest BCUT2D eigenvalue weighted by molar-refractivity contribution is -0.130. The maximum absolute atomic E-state index is 12.3. The highest BCUT2D eigenvalue weighted by Crippen LogP contribution is 2.34. The first-order valence-electron chi connectivity index (χ1n) is 8.39. The van der Waals surface area contributed by atoms with Crippen molar-refractivity contribution in [2.24, 2.45) is 23.0 Å². The van der Waals surface area contributed by atoms with Crippen LogP contribution in [0.1, 0.15) is 65.7 Å². The Bertz CT molecular complexity index is 326. The molecule has 3 nitrogen and oxygen atoms in total. The smallest absolute Gasteiger partial charge is 0.222 e. The molecule has 0 radical (unpaired) electrons. The minimum Gasteiger partial charge on any atom is -0.342 e. The van der Waals surface area contributed by atoms with E-state index in [2.05, 4.69) is 25.7 Å². The summed E-state index contributed by atoms with van der Waals surface area (Å²) in [5.74, 6) is 1.78. The van der Waals surface area contributed by atoms with Crippen LogP contribution in [0.15, 0.2) is 0 Å². The minimum atomic E-state index is 0.328. The molecule has 0 spiro atoms. The average Bonchev–Trinajstić information content (AvgIpc) is 2.87. The Kier molecular flexibility index (Phi) is 5.11. The highest BCUT2D eigenvalue weighted by molar-refractivity contribution is 5.76. The lowest BCUT2D eigenvalue weighted by Crippen LogP contribution is -2.32. The molecule has 0 bridgehead atoms. The number of amides is 1. The topological polar surface area (TPSA) is 46.3 Å². The molecule has 0 aromatic heterocycles. The molecule has 1 saturated carbocycles. The molecule has 2 rings (SSSR count). The van der Waals surface area contributed by atoms with E-state index in [-0.39, 0.29) is 0 Å². The van der Waals surface area contributed by atoms with Crippen molar-refractivity contribution < 1.29 is 4.79 Å². The first-order chi connectivity index (χ1) is 9.36. The van der Waals surface area contributed by atoms with Crippen LogP contribution in [0.3, 0.4) is 0 Å². The van der Waals surface area contributed by atoms with Crippen LogP contribution in [0.2, 0.25) is 0 Å². The zero-order chi connectivity index (χ0) is 14.8. The van der Waals surface area contributed by atoms with Gasteiger partial charge in [-0.15, -0.1) is 0 Å². The van der Waals surface area contributed by atoms with Crippen LogP contribution < -0.4 is 5.73 Å². The highest BCUT2D eigenvalue weighted by atomic mass is 16.2. The number of carbonyl (C=O) groups is 1. The quantitative estimate of drug-likeness (QED) is 0.863. The van der Waals surface area contributed by atoms with Crippen LogP contribution in [0.5, 0.6) is 0 Å². The predicted octanol–water partition coefficient (Wildman–Crippen LogP) is 3.18. The van der Waals surface area contributed by atoms with Crippen molar-refractivity contribution in [2.75, 3.05) is 13.1 Å². The fourth-order valence-electron chi connectivity index (χ4n) is 3.66. The molecule has 1 atom stereocenters. The fourth-order valence-corrected chi connectivity index (χ4v) is 3.66. The molecule has 1 heterocycles. The third kappa shape index (κ3) is 4.21. The van der Waals surface area contributed by atoms with Gasteiger partial charge in [0, 0.05) is 25.6 Å². The third-order valence-electron chi connectivity index (χ3n) is 5.42. The second-order valence-corrected chi connectivity index (χ2v) is 8.01. The number of likely N-dealkylation sites (tertiary alicyclic amines) is 1. The van der Waals surface area contributed by atoms with Gasteiger partial charge in [-0.25, -0.2) is 0 Å². The Labute approximate surface area is 124 Å². The first-order valence-corrected chi connectivity index (χ1v) is 8.39. The number of rotatable bonds is 3. The zero-order valence-corrected chi connectivity index (χ0v) is 13.5. The molecule has 1 aliphatic carbocycles. The van der Waals surface area contributed by atoms with E-state index in [9.17, 15) is 4.79 Å². The normalized spacial score (nSPS) is 31.6. The van der Waals surface area contributed by atoms with Gasteiger partial charge < -0.3 is 10.6 Å². The predicted molar refractivity (Wildman–Crippen MR) is 83.3 cm³/mol. The van der Waals surface area contributed by atoms with Gasteiger partial charge in [-0.3, -0.25) is 4.79 Å². The fraction of sp³-hybridized carbons (Fsp3) is 0.941. The lowest BCUT2D eigenvalue weighted by atomic mass is 9.80. The van der Waals surface area contributed by atoms with Gasteiger partial charge in [0.1, 0.15) is 0 Å². The summed E-state index contributed by atoms with van der Waals surface area (Å²) in [4.78, 5) is 14.4. The number of nitrogens with zero attached hydrogens (tertiary/aromatic N) is 1. The van der Waals surface area contributed by atoms with E-state index in [4.69, 9.17) is 5.73 Å². The van der Waals surface area contributed by atoms with Gasteiger partial charge in [0.05, 0.1) is 0 Å². The first kappa shape index (κ1) is 15.8. The highest BCUT2D eigenvalue weighted by Gasteiger charge is 2.33. The Morgan fingerprint density at radius 2 is 1.80 bits per heavy atom. The van der Waals surface area contributed by atoms with Gasteiger partial charge >= 0.3 is 0 Å². The molecule has 2 fully saturated rings. The molecule has 2 aliphatic rings. The van der Waals surface area contributed by atoms with Gasteiger partial charge in [0.15, 0.2) is 0 Å². The maximum atomic E-state index is 12.3. The van der Waals surface area contributed by atoms with Crippen molar-refractivity contribution in [3.63, 3.8) is 0 Å². The van der Waals surface area contributed by atoms with Crippen molar-refractivity contribution in [2.45, 2.75) is 71.8 Å². The van der Waals surface area contributed by atoms with E-state index >= 15 is 0 Å². The molecular formula is C17H32N2O. The number of nitrogens with two attached hydrogens (primary N) is 1. The molecule has 3 heteroatoms. The molecule has 116 valence electrons. The standard InChI is InChI=1S/C17H32N2O/c1-17(2,3)14-10-11-19(12-14)16(20)9-6-13-4-7-15(18)8-5-13/h13-15H,4-12,18H2,1-3H3. The summed E-state index contributed by atoms with van der Waals surface area (Å²) in [6, 6.07) is 0.410. The molecule has 1 aliphatic heterocycles. The van der Waals surface area contributed by atoms with Crippen LogP contribution >= 0.6 is 0 Å². The van der Waals surface area contributed by atoms with Crippen molar-refractivity contribution >= 4 is 5.91 Å². The Morgan fingerprint density at radius 1 is 1.15 bits per heavy atom. The van der Waals surface area contributed by atoms with Gasteiger partial charge in [-0.1, -0.05) is 20.8 Å². The molecule has 1 amide bonds. The second kappa shape index (κ2) is 6.46. The number of hydrogen-bond donors (Lipinski definition) is 1. The second-order valence-electron chi connectivity index (χ2n) is 8.01. The summed E-state index contributed by atoms with van der Waals surface area (Å²) in [6.07, 6.45) is 7.73. The molecule has 0 aromatic carbocycles. The van der Waals surface area contributed by atoms with E-state index < -0.39 is 0 Å². The third-order valence-corrected chi connectivity index (χ3v) is 5.42. The number of carbonyl (C=O) groups excluding carboxylic acids is 1. The van der Waals surface area contributed by atoms with E-state index in [1.165, 1.54) is 19.3 Å². The van der Waals surface area contributed by atoms with E-state index in [1.54, 1.807) is 0 Å². The van der Waals surface area contributed by atoms with E-state index in [0.29, 0.717) is 23.3 Å². The summed E-state index contributed by atoms with van der Waals surface area (Å²) < 4.78 is 0. The summed E-state index contributed by atoms with van der Waals surface area (Å²) in [5.41, 5.74) is 6.26. The minimum absolute atomic E-state index is 0.328. The van der Waals surface area contributed by atoms with E-state index in [0.717, 1.165) is 44.7 Å². The Balaban J connectivity index is 1.71. The van der Waals surface area contributed by atoms with Crippen molar-refractivity contribution in [1.82, 2.24) is 4.90 Å². The van der Waals surface area contributed by atoms with Crippen LogP contribution in [0, 0.1) is 17.3 Å². The average molecular weight is 280 g/mol. The van der Waals surface area contributed by atoms with Crippen LogP contribution in [0.4, 0.5) is 0 Å². The summed E-state index contributed by atoms with van der Waals surface area (Å²) in [6.45, 7) is 8.80. The molecule has 20 heavy (non-hydrogen) atoms. The van der Waals surface area contributed by atoms with Crippen molar-refractivity contribution in [1.29, 1.82) is 0 Å². The maximum Gasteiger partial charge on any atom is 0.222 e. The van der Waals surface area contributed by atoms with Gasteiger partial charge in [-0.05, 0) is 55.8 Å². The van der Waals surface area contributed by atoms with Gasteiger partial charge in [-0.2, -0.15) is 0 Å². The molecule has 1 unspecified atom stereocenters. The van der Waals surface area contributed by atoms with Gasteiger partial charge in [0.2, 0.25) is 5.91 Å². The van der Waals surface area contributed by atoms with Crippen LogP contribution in [-0.4, -0.2) is 29.9 Å². The SMILES string of the molecule is CC(C)(C)C1CCN(C(=O)CCC2CCC(N)CC2)C1. The Hall–Kier alpha value is -0.570. The van der Waals surface area contributed by atoms with Crippen LogP contribution in [0.25, 0.3) is 0 Å². The summed E-state index contributed by atoms with van der Waals surface area (Å²) >= 11 is 0.